The number of rotatable bonds is 5. The molecule has 1 saturated heterocycles. The minimum atomic E-state index is -0.388. The van der Waals surface area contributed by atoms with E-state index in [-0.39, 0.29) is 16.5 Å². The standard InChI is InChI=1S/C20H23N3O3/c1-2-16-3-7-18(8-4-16)20(24)22-13-11-21(12-14-22)15-17-5-9-19(10-6-17)23(25)26/h3-10H,2,11-15H2,1H3. The summed E-state index contributed by atoms with van der Waals surface area (Å²) < 4.78 is 0. The number of nitro benzene ring substituents is 1. The van der Waals surface area contributed by atoms with Crippen LogP contribution in [0.15, 0.2) is 48.5 Å². The number of aryl methyl sites for hydroxylation is 1. The number of carbonyl (C=O) groups is 1. The van der Waals surface area contributed by atoms with Gasteiger partial charge in [-0.3, -0.25) is 19.8 Å². The fraction of sp³-hybridized carbons (Fsp3) is 0.350. The minimum Gasteiger partial charge on any atom is -0.336 e. The van der Waals surface area contributed by atoms with Gasteiger partial charge in [0, 0.05) is 50.4 Å². The molecule has 26 heavy (non-hydrogen) atoms. The Labute approximate surface area is 153 Å². The van der Waals surface area contributed by atoms with Crippen molar-refractivity contribution in [2.45, 2.75) is 19.9 Å². The number of carbonyl (C=O) groups excluding carboxylic acids is 1. The van der Waals surface area contributed by atoms with E-state index in [0.717, 1.165) is 37.2 Å². The molecule has 0 spiro atoms. The lowest BCUT2D eigenvalue weighted by Crippen LogP contribution is -2.48. The Morgan fingerprint density at radius 3 is 2.08 bits per heavy atom. The Balaban J connectivity index is 1.53. The van der Waals surface area contributed by atoms with Crippen molar-refractivity contribution in [1.82, 2.24) is 9.80 Å². The Hall–Kier alpha value is -2.73. The number of benzene rings is 2. The second kappa shape index (κ2) is 8.10. The van der Waals surface area contributed by atoms with E-state index < -0.39 is 0 Å². The largest absolute Gasteiger partial charge is 0.336 e. The highest BCUT2D eigenvalue weighted by Crippen LogP contribution is 2.15. The molecule has 0 N–H and O–H groups in total. The van der Waals surface area contributed by atoms with Gasteiger partial charge in [0.25, 0.3) is 11.6 Å². The molecular formula is C20H23N3O3. The molecule has 0 bridgehead atoms. The van der Waals surface area contributed by atoms with E-state index in [1.54, 1.807) is 12.1 Å². The molecule has 1 amide bonds. The first-order valence-electron chi connectivity index (χ1n) is 8.90. The molecule has 0 saturated carbocycles. The second-order valence-electron chi connectivity index (χ2n) is 6.54. The van der Waals surface area contributed by atoms with Crippen LogP contribution >= 0.6 is 0 Å². The van der Waals surface area contributed by atoms with Crippen LogP contribution in [-0.2, 0) is 13.0 Å². The Morgan fingerprint density at radius 2 is 1.54 bits per heavy atom. The van der Waals surface area contributed by atoms with E-state index in [2.05, 4.69) is 11.8 Å². The van der Waals surface area contributed by atoms with Crippen LogP contribution < -0.4 is 0 Å². The first kappa shape index (κ1) is 18.1. The average Bonchev–Trinajstić information content (AvgIpc) is 2.68. The van der Waals surface area contributed by atoms with Gasteiger partial charge in [-0.1, -0.05) is 31.2 Å². The number of hydrogen-bond donors (Lipinski definition) is 0. The first-order valence-corrected chi connectivity index (χ1v) is 8.90. The second-order valence-corrected chi connectivity index (χ2v) is 6.54. The van der Waals surface area contributed by atoms with Crippen molar-refractivity contribution in [1.29, 1.82) is 0 Å². The normalized spacial score (nSPS) is 15.0. The van der Waals surface area contributed by atoms with Gasteiger partial charge in [-0.25, -0.2) is 0 Å². The van der Waals surface area contributed by atoms with Gasteiger partial charge in [0.1, 0.15) is 0 Å². The summed E-state index contributed by atoms with van der Waals surface area (Å²) in [6.45, 7) is 5.83. The predicted molar refractivity (Wildman–Crippen MR) is 100 cm³/mol. The molecule has 6 nitrogen and oxygen atoms in total. The van der Waals surface area contributed by atoms with Gasteiger partial charge in [-0.05, 0) is 29.7 Å². The third kappa shape index (κ3) is 4.26. The highest BCUT2D eigenvalue weighted by molar-refractivity contribution is 5.94. The number of piperazine rings is 1. The third-order valence-electron chi connectivity index (χ3n) is 4.82. The summed E-state index contributed by atoms with van der Waals surface area (Å²) in [6, 6.07) is 14.5. The van der Waals surface area contributed by atoms with Crippen LogP contribution in [0.4, 0.5) is 5.69 Å². The number of nitro groups is 1. The van der Waals surface area contributed by atoms with Gasteiger partial charge < -0.3 is 4.90 Å². The summed E-state index contributed by atoms with van der Waals surface area (Å²) in [5.41, 5.74) is 3.13. The first-order chi connectivity index (χ1) is 12.6. The highest BCUT2D eigenvalue weighted by atomic mass is 16.6. The van der Waals surface area contributed by atoms with Crippen LogP contribution in [0.3, 0.4) is 0 Å². The van der Waals surface area contributed by atoms with Crippen LogP contribution in [0.1, 0.15) is 28.4 Å². The zero-order valence-corrected chi connectivity index (χ0v) is 14.9. The van der Waals surface area contributed by atoms with Crippen molar-refractivity contribution in [2.24, 2.45) is 0 Å². The van der Waals surface area contributed by atoms with Crippen LogP contribution in [0.25, 0.3) is 0 Å². The van der Waals surface area contributed by atoms with Crippen LogP contribution in [0, 0.1) is 10.1 Å². The van der Waals surface area contributed by atoms with Gasteiger partial charge in [0.05, 0.1) is 4.92 Å². The van der Waals surface area contributed by atoms with Crippen LogP contribution in [0.5, 0.6) is 0 Å². The van der Waals surface area contributed by atoms with Crippen molar-refractivity contribution >= 4 is 11.6 Å². The lowest BCUT2D eigenvalue weighted by Gasteiger charge is -2.34. The highest BCUT2D eigenvalue weighted by Gasteiger charge is 2.22. The quantitative estimate of drug-likeness (QED) is 0.612. The van der Waals surface area contributed by atoms with Gasteiger partial charge in [0.2, 0.25) is 0 Å². The predicted octanol–water partition coefficient (Wildman–Crippen LogP) is 3.12. The van der Waals surface area contributed by atoms with Crippen molar-refractivity contribution in [3.8, 4) is 0 Å². The molecule has 136 valence electrons. The zero-order valence-electron chi connectivity index (χ0n) is 14.9. The molecule has 1 aliphatic rings. The number of non-ortho nitro benzene ring substituents is 1. The molecular weight excluding hydrogens is 330 g/mol. The molecule has 2 aromatic rings. The Morgan fingerprint density at radius 1 is 0.962 bits per heavy atom. The molecule has 0 aliphatic carbocycles. The van der Waals surface area contributed by atoms with E-state index in [1.165, 1.54) is 17.7 Å². The van der Waals surface area contributed by atoms with E-state index in [0.29, 0.717) is 13.1 Å². The molecule has 1 fully saturated rings. The van der Waals surface area contributed by atoms with Crippen LogP contribution in [-0.4, -0.2) is 46.8 Å². The summed E-state index contributed by atoms with van der Waals surface area (Å²) >= 11 is 0. The third-order valence-corrected chi connectivity index (χ3v) is 4.82. The van der Waals surface area contributed by atoms with E-state index >= 15 is 0 Å². The molecule has 0 radical (unpaired) electrons. The summed E-state index contributed by atoms with van der Waals surface area (Å²) in [4.78, 5) is 27.1. The number of hydrogen-bond acceptors (Lipinski definition) is 4. The molecule has 3 rings (SSSR count). The fourth-order valence-electron chi connectivity index (χ4n) is 3.16. The fourth-order valence-corrected chi connectivity index (χ4v) is 3.16. The summed E-state index contributed by atoms with van der Waals surface area (Å²) in [5, 5.41) is 10.7. The lowest BCUT2D eigenvalue weighted by atomic mass is 10.1. The van der Waals surface area contributed by atoms with Crippen LogP contribution in [0.2, 0.25) is 0 Å². The molecule has 0 unspecified atom stereocenters. The van der Waals surface area contributed by atoms with Crippen molar-refractivity contribution in [2.75, 3.05) is 26.2 Å². The van der Waals surface area contributed by atoms with Crippen molar-refractivity contribution < 1.29 is 9.72 Å². The lowest BCUT2D eigenvalue weighted by molar-refractivity contribution is -0.384. The maximum absolute atomic E-state index is 12.6. The van der Waals surface area contributed by atoms with Gasteiger partial charge in [-0.2, -0.15) is 0 Å². The molecule has 0 atom stereocenters. The van der Waals surface area contributed by atoms with Crippen molar-refractivity contribution in [3.63, 3.8) is 0 Å². The minimum absolute atomic E-state index is 0.0858. The summed E-state index contributed by atoms with van der Waals surface area (Å²) in [5.74, 6) is 0.0858. The zero-order chi connectivity index (χ0) is 18.5. The van der Waals surface area contributed by atoms with Gasteiger partial charge in [0.15, 0.2) is 0 Å². The van der Waals surface area contributed by atoms with Gasteiger partial charge >= 0.3 is 0 Å². The average molecular weight is 353 g/mol. The van der Waals surface area contributed by atoms with Crippen molar-refractivity contribution in [3.05, 3.63) is 75.3 Å². The Bertz CT molecular complexity index is 764. The Kier molecular flexibility index (Phi) is 5.63. The molecule has 2 aromatic carbocycles. The monoisotopic (exact) mass is 353 g/mol. The molecule has 1 aliphatic heterocycles. The summed E-state index contributed by atoms with van der Waals surface area (Å²) in [7, 11) is 0. The van der Waals surface area contributed by atoms with E-state index in [9.17, 15) is 14.9 Å². The maximum Gasteiger partial charge on any atom is 0.269 e. The van der Waals surface area contributed by atoms with E-state index in [1.807, 2.05) is 29.2 Å². The number of nitrogens with zero attached hydrogens (tertiary/aromatic N) is 3. The molecule has 0 aromatic heterocycles. The maximum atomic E-state index is 12.6. The van der Waals surface area contributed by atoms with Gasteiger partial charge in [-0.15, -0.1) is 0 Å². The molecule has 1 heterocycles. The summed E-state index contributed by atoms with van der Waals surface area (Å²) in [6.07, 6.45) is 0.968. The van der Waals surface area contributed by atoms with E-state index in [4.69, 9.17) is 0 Å². The topological polar surface area (TPSA) is 66.7 Å². The smallest absolute Gasteiger partial charge is 0.269 e. The SMILES string of the molecule is CCc1ccc(C(=O)N2CCN(Cc3ccc([N+](=O)[O-])cc3)CC2)cc1. The molecule has 6 heteroatoms. The number of amides is 1.